The smallest absolute Gasteiger partial charge is 0.347 e. The molecule has 5 nitrogen and oxygen atoms in total. The fourth-order valence-corrected chi connectivity index (χ4v) is 3.39. The van der Waals surface area contributed by atoms with E-state index in [0.29, 0.717) is 36.7 Å². The van der Waals surface area contributed by atoms with Crippen LogP contribution in [0.4, 0.5) is 5.13 Å². The van der Waals surface area contributed by atoms with Crippen molar-refractivity contribution in [3.05, 3.63) is 40.4 Å². The topological polar surface area (TPSA) is 62.7 Å². The molecule has 0 radical (unpaired) electrons. The van der Waals surface area contributed by atoms with Crippen molar-refractivity contribution in [2.45, 2.75) is 19.9 Å². The van der Waals surface area contributed by atoms with Crippen LogP contribution in [0.15, 0.2) is 24.3 Å². The molecule has 0 spiro atoms. The number of aromatic carboxylic acids is 1. The molecule has 3 rings (SSSR count). The quantitative estimate of drug-likeness (QED) is 0.944. The zero-order valence-corrected chi connectivity index (χ0v) is 12.5. The van der Waals surface area contributed by atoms with E-state index >= 15 is 0 Å². The predicted octanol–water partition coefficient (Wildman–Crippen LogP) is 2.80. The Hall–Kier alpha value is -2.08. The summed E-state index contributed by atoms with van der Waals surface area (Å²) in [6, 6.07) is 7.92. The van der Waals surface area contributed by atoms with Gasteiger partial charge in [0.05, 0.1) is 12.2 Å². The third-order valence-corrected chi connectivity index (χ3v) is 4.58. The maximum Gasteiger partial charge on any atom is 0.347 e. The Morgan fingerprint density at radius 1 is 1.48 bits per heavy atom. The molecular formula is C15H16N2O3S. The molecule has 0 bridgehead atoms. The number of fused-ring (bicyclic) bond motifs is 1. The average Bonchev–Trinajstić information content (AvgIpc) is 2.81. The van der Waals surface area contributed by atoms with Gasteiger partial charge in [0.1, 0.15) is 17.2 Å². The van der Waals surface area contributed by atoms with Crippen LogP contribution in [-0.4, -0.2) is 29.2 Å². The first-order chi connectivity index (χ1) is 10.2. The van der Waals surface area contributed by atoms with E-state index in [9.17, 15) is 9.90 Å². The van der Waals surface area contributed by atoms with E-state index in [0.717, 1.165) is 16.4 Å². The SMILES string of the molecule is CCc1nc(N2CCOc3ccccc3C2)sc1C(=O)O. The van der Waals surface area contributed by atoms with E-state index in [1.54, 1.807) is 0 Å². The van der Waals surface area contributed by atoms with Gasteiger partial charge in [0.2, 0.25) is 0 Å². The third kappa shape index (κ3) is 2.71. The van der Waals surface area contributed by atoms with Gasteiger partial charge in [-0.3, -0.25) is 0 Å². The zero-order chi connectivity index (χ0) is 14.8. The Morgan fingerprint density at radius 3 is 3.00 bits per heavy atom. The molecule has 0 saturated heterocycles. The first-order valence-corrected chi connectivity index (χ1v) is 7.69. The monoisotopic (exact) mass is 304 g/mol. The number of hydrogen-bond donors (Lipinski definition) is 1. The van der Waals surface area contributed by atoms with Crippen LogP contribution >= 0.6 is 11.3 Å². The highest BCUT2D eigenvalue weighted by Crippen LogP contribution is 2.31. The van der Waals surface area contributed by atoms with E-state index in [-0.39, 0.29) is 0 Å². The number of carboxylic acids is 1. The number of carboxylic acid groups (broad SMARTS) is 1. The van der Waals surface area contributed by atoms with Crippen LogP contribution in [0.25, 0.3) is 0 Å². The molecule has 0 saturated carbocycles. The van der Waals surface area contributed by atoms with E-state index in [1.807, 2.05) is 31.2 Å². The summed E-state index contributed by atoms with van der Waals surface area (Å²) in [4.78, 5) is 18.2. The lowest BCUT2D eigenvalue weighted by Crippen LogP contribution is -2.25. The molecule has 1 aromatic carbocycles. The van der Waals surface area contributed by atoms with Gasteiger partial charge in [-0.25, -0.2) is 9.78 Å². The molecule has 21 heavy (non-hydrogen) atoms. The number of nitrogens with zero attached hydrogens (tertiary/aromatic N) is 2. The van der Waals surface area contributed by atoms with Crippen molar-refractivity contribution in [1.29, 1.82) is 0 Å². The van der Waals surface area contributed by atoms with Crippen molar-refractivity contribution in [1.82, 2.24) is 4.98 Å². The molecule has 0 fully saturated rings. The molecular weight excluding hydrogens is 288 g/mol. The molecule has 0 aliphatic carbocycles. The lowest BCUT2D eigenvalue weighted by molar-refractivity contribution is 0.0701. The molecule has 0 amide bonds. The van der Waals surface area contributed by atoms with Crippen LogP contribution in [0.5, 0.6) is 5.75 Å². The zero-order valence-electron chi connectivity index (χ0n) is 11.7. The van der Waals surface area contributed by atoms with E-state index in [4.69, 9.17) is 4.74 Å². The molecule has 1 aliphatic rings. The van der Waals surface area contributed by atoms with Crippen LogP contribution in [-0.2, 0) is 13.0 Å². The molecule has 6 heteroatoms. The highest BCUT2D eigenvalue weighted by molar-refractivity contribution is 7.17. The molecule has 2 aromatic rings. The Morgan fingerprint density at radius 2 is 2.29 bits per heavy atom. The molecule has 1 aliphatic heterocycles. The first kappa shape index (κ1) is 13.9. The van der Waals surface area contributed by atoms with Crippen molar-refractivity contribution < 1.29 is 14.6 Å². The standard InChI is InChI=1S/C15H16N2O3S/c1-2-11-13(14(18)19)21-15(16-11)17-7-8-20-12-6-4-3-5-10(12)9-17/h3-6H,2,7-9H2,1H3,(H,18,19). The summed E-state index contributed by atoms with van der Waals surface area (Å²) in [6.45, 7) is 3.88. The first-order valence-electron chi connectivity index (χ1n) is 6.87. The van der Waals surface area contributed by atoms with Crippen LogP contribution in [0.2, 0.25) is 0 Å². The van der Waals surface area contributed by atoms with E-state index in [1.165, 1.54) is 11.3 Å². The minimum atomic E-state index is -0.901. The average molecular weight is 304 g/mol. The minimum absolute atomic E-state index is 0.339. The number of aryl methyl sites for hydroxylation is 1. The van der Waals surface area contributed by atoms with Gasteiger partial charge in [0.15, 0.2) is 5.13 Å². The molecule has 110 valence electrons. The van der Waals surface area contributed by atoms with Gasteiger partial charge in [-0.15, -0.1) is 0 Å². The number of rotatable bonds is 3. The van der Waals surface area contributed by atoms with Crippen LogP contribution in [0, 0.1) is 0 Å². The summed E-state index contributed by atoms with van der Waals surface area (Å²) >= 11 is 1.24. The van der Waals surface area contributed by atoms with Crippen LogP contribution < -0.4 is 9.64 Å². The summed E-state index contributed by atoms with van der Waals surface area (Å²) in [7, 11) is 0. The minimum Gasteiger partial charge on any atom is -0.491 e. The molecule has 1 aromatic heterocycles. The van der Waals surface area contributed by atoms with Crippen molar-refractivity contribution >= 4 is 22.4 Å². The summed E-state index contributed by atoms with van der Waals surface area (Å²) in [5.41, 5.74) is 1.75. The molecule has 0 unspecified atom stereocenters. The van der Waals surface area contributed by atoms with Crippen LogP contribution in [0.1, 0.15) is 27.9 Å². The van der Waals surface area contributed by atoms with E-state index in [2.05, 4.69) is 9.88 Å². The highest BCUT2D eigenvalue weighted by Gasteiger charge is 2.22. The number of para-hydroxylation sites is 1. The number of hydrogen-bond acceptors (Lipinski definition) is 5. The number of thiazole rings is 1. The van der Waals surface area contributed by atoms with Gasteiger partial charge in [0, 0.05) is 12.1 Å². The lowest BCUT2D eigenvalue weighted by atomic mass is 10.2. The molecule has 1 N–H and O–H groups in total. The van der Waals surface area contributed by atoms with Crippen molar-refractivity contribution in [2.75, 3.05) is 18.1 Å². The summed E-state index contributed by atoms with van der Waals surface area (Å²) in [5, 5.41) is 10.0. The second kappa shape index (κ2) is 5.73. The van der Waals surface area contributed by atoms with Gasteiger partial charge in [-0.05, 0) is 12.5 Å². The Balaban J connectivity index is 1.92. The van der Waals surface area contributed by atoms with Crippen molar-refractivity contribution in [3.63, 3.8) is 0 Å². The van der Waals surface area contributed by atoms with Crippen molar-refractivity contribution in [2.24, 2.45) is 0 Å². The highest BCUT2D eigenvalue weighted by atomic mass is 32.1. The Kier molecular flexibility index (Phi) is 3.79. The second-order valence-corrected chi connectivity index (χ2v) is 5.79. The van der Waals surface area contributed by atoms with Crippen LogP contribution in [0.3, 0.4) is 0 Å². The number of benzene rings is 1. The van der Waals surface area contributed by atoms with Gasteiger partial charge in [0.25, 0.3) is 0 Å². The summed E-state index contributed by atoms with van der Waals surface area (Å²) in [6.07, 6.45) is 0.624. The third-order valence-electron chi connectivity index (χ3n) is 3.44. The Labute approximate surface area is 126 Å². The maximum atomic E-state index is 11.3. The summed E-state index contributed by atoms with van der Waals surface area (Å²) in [5.74, 6) is -0.00667. The number of aromatic nitrogens is 1. The normalized spacial score (nSPS) is 14.2. The Bertz CT molecular complexity index is 669. The maximum absolute atomic E-state index is 11.3. The molecule has 2 heterocycles. The fraction of sp³-hybridized carbons (Fsp3) is 0.333. The van der Waals surface area contributed by atoms with E-state index < -0.39 is 5.97 Å². The second-order valence-electron chi connectivity index (χ2n) is 4.81. The van der Waals surface area contributed by atoms with Gasteiger partial charge < -0.3 is 14.7 Å². The largest absolute Gasteiger partial charge is 0.491 e. The number of anilines is 1. The fourth-order valence-electron chi connectivity index (χ4n) is 2.37. The van der Waals surface area contributed by atoms with Gasteiger partial charge in [-0.2, -0.15) is 0 Å². The van der Waals surface area contributed by atoms with Gasteiger partial charge >= 0.3 is 5.97 Å². The van der Waals surface area contributed by atoms with Crippen molar-refractivity contribution in [3.8, 4) is 5.75 Å². The number of carbonyl (C=O) groups is 1. The predicted molar refractivity (Wildman–Crippen MR) is 81.4 cm³/mol. The lowest BCUT2D eigenvalue weighted by Gasteiger charge is -2.18. The van der Waals surface area contributed by atoms with Gasteiger partial charge in [-0.1, -0.05) is 36.5 Å². The molecule has 0 atom stereocenters. The summed E-state index contributed by atoms with van der Waals surface area (Å²) < 4.78 is 5.73. The number of ether oxygens (including phenoxy) is 1.